The molecule has 1 heterocycles. The molecule has 4 heteroatoms. The Kier molecular flexibility index (Phi) is 6.10. The van der Waals surface area contributed by atoms with Crippen LogP contribution >= 0.6 is 23.0 Å². The van der Waals surface area contributed by atoms with Gasteiger partial charge in [-0.05, 0) is 41.7 Å². The number of benzene rings is 4. The lowest BCUT2D eigenvalue weighted by atomic mass is 9.84. The van der Waals surface area contributed by atoms with Crippen molar-refractivity contribution in [1.29, 1.82) is 0 Å². The predicted octanol–water partition coefficient (Wildman–Crippen LogP) is 8.20. The molecule has 0 spiro atoms. The summed E-state index contributed by atoms with van der Waals surface area (Å²) in [6.45, 7) is 4.65. The van der Waals surface area contributed by atoms with Gasteiger partial charge in [0, 0.05) is 38.9 Å². The summed E-state index contributed by atoms with van der Waals surface area (Å²) in [6, 6.07) is 38.7. The minimum absolute atomic E-state index is 0.130. The molecule has 0 aliphatic carbocycles. The van der Waals surface area contributed by atoms with Crippen LogP contribution in [0.15, 0.2) is 130 Å². The molecule has 0 bridgehead atoms. The fourth-order valence-electron chi connectivity index (χ4n) is 4.85. The minimum Gasteiger partial charge on any atom is -0.347 e. The number of fused-ring (bicyclic) bond motifs is 1. The summed E-state index contributed by atoms with van der Waals surface area (Å²) in [4.78, 5) is 2.35. The molecule has 0 fully saturated rings. The van der Waals surface area contributed by atoms with Crippen molar-refractivity contribution in [1.82, 2.24) is 0 Å². The number of rotatable bonds is 4. The first-order valence-electron chi connectivity index (χ1n) is 11.5. The molecule has 0 saturated carbocycles. The highest BCUT2D eigenvalue weighted by Gasteiger charge is 2.40. The van der Waals surface area contributed by atoms with Crippen LogP contribution in [0.5, 0.6) is 0 Å². The maximum absolute atomic E-state index is 5.59. The first kappa shape index (κ1) is 22.9. The van der Waals surface area contributed by atoms with E-state index < -0.39 is 7.05 Å². The minimum atomic E-state index is -2.33. The standard InChI is InChI=1S/C30H28BrN2P/c1-30(2)27-16-10-11-17-28(27)33(3)29(30)22-34(25-12-6-4-7-13-25,26-14-8-5-9-15-26)32-24-20-18-23(31)19-21-24/h4-22H,1-3H3/b29-22-. The van der Waals surface area contributed by atoms with Gasteiger partial charge in [0.1, 0.15) is 0 Å². The normalized spacial score (nSPS) is 15.9. The first-order chi connectivity index (χ1) is 16.4. The van der Waals surface area contributed by atoms with Crippen molar-refractivity contribution in [3.63, 3.8) is 0 Å². The zero-order valence-electron chi connectivity index (χ0n) is 19.7. The summed E-state index contributed by atoms with van der Waals surface area (Å²) >= 11 is 3.57. The second-order valence-corrected chi connectivity index (χ2v) is 12.9. The van der Waals surface area contributed by atoms with Crippen molar-refractivity contribution in [3.8, 4) is 0 Å². The van der Waals surface area contributed by atoms with E-state index in [9.17, 15) is 0 Å². The van der Waals surface area contributed by atoms with Crippen molar-refractivity contribution in [3.05, 3.63) is 131 Å². The van der Waals surface area contributed by atoms with Crippen LogP contribution in [0.4, 0.5) is 11.4 Å². The van der Waals surface area contributed by atoms with E-state index in [-0.39, 0.29) is 5.41 Å². The number of likely N-dealkylation sites (N-methyl/N-ethyl adjacent to an activating group) is 1. The van der Waals surface area contributed by atoms with Crippen molar-refractivity contribution in [2.24, 2.45) is 4.74 Å². The highest BCUT2D eigenvalue weighted by Crippen LogP contribution is 2.57. The highest BCUT2D eigenvalue weighted by atomic mass is 79.9. The summed E-state index contributed by atoms with van der Waals surface area (Å²) in [6.07, 6.45) is 0. The molecule has 0 radical (unpaired) electrons. The molecule has 5 rings (SSSR count). The van der Waals surface area contributed by atoms with E-state index in [0.29, 0.717) is 0 Å². The van der Waals surface area contributed by atoms with Gasteiger partial charge in [-0.15, -0.1) is 0 Å². The number of anilines is 1. The quantitative estimate of drug-likeness (QED) is 0.244. The zero-order chi connectivity index (χ0) is 23.8. The summed E-state index contributed by atoms with van der Waals surface area (Å²) in [7, 11) is -0.143. The Labute approximate surface area is 211 Å². The Morgan fingerprint density at radius 2 is 1.26 bits per heavy atom. The van der Waals surface area contributed by atoms with Gasteiger partial charge in [0.05, 0.1) is 12.7 Å². The lowest BCUT2D eigenvalue weighted by molar-refractivity contribution is 0.641. The van der Waals surface area contributed by atoms with Crippen LogP contribution in [-0.4, -0.2) is 7.05 Å². The van der Waals surface area contributed by atoms with E-state index in [0.717, 1.165) is 10.2 Å². The van der Waals surface area contributed by atoms with Gasteiger partial charge in [-0.25, -0.2) is 0 Å². The van der Waals surface area contributed by atoms with E-state index in [1.807, 2.05) is 0 Å². The molecule has 0 unspecified atom stereocenters. The molecule has 0 aromatic heterocycles. The van der Waals surface area contributed by atoms with E-state index in [4.69, 9.17) is 4.74 Å². The van der Waals surface area contributed by atoms with Gasteiger partial charge >= 0.3 is 0 Å². The zero-order valence-corrected chi connectivity index (χ0v) is 22.2. The molecular weight excluding hydrogens is 499 g/mol. The molecule has 0 saturated heterocycles. The Hall–Kier alpha value is -2.87. The summed E-state index contributed by atoms with van der Waals surface area (Å²) in [5, 5.41) is 2.49. The van der Waals surface area contributed by atoms with Crippen molar-refractivity contribution in [2.45, 2.75) is 19.3 Å². The van der Waals surface area contributed by atoms with Crippen molar-refractivity contribution >= 4 is 45.0 Å². The Morgan fingerprint density at radius 3 is 1.82 bits per heavy atom. The van der Waals surface area contributed by atoms with Crippen LogP contribution in [0.1, 0.15) is 19.4 Å². The van der Waals surface area contributed by atoms with Crippen LogP contribution in [-0.2, 0) is 5.41 Å². The van der Waals surface area contributed by atoms with Gasteiger partial charge in [0.15, 0.2) is 0 Å². The molecule has 34 heavy (non-hydrogen) atoms. The second-order valence-electron chi connectivity index (χ2n) is 9.15. The largest absolute Gasteiger partial charge is 0.347 e. The van der Waals surface area contributed by atoms with Gasteiger partial charge in [-0.3, -0.25) is 4.74 Å². The predicted molar refractivity (Wildman–Crippen MR) is 151 cm³/mol. The van der Waals surface area contributed by atoms with Gasteiger partial charge < -0.3 is 4.90 Å². The molecular formula is C30H28BrN2P. The molecule has 0 amide bonds. The maximum Gasteiger partial charge on any atom is 0.0625 e. The van der Waals surface area contributed by atoms with Crippen LogP contribution < -0.4 is 15.5 Å². The van der Waals surface area contributed by atoms with Crippen LogP contribution in [0.2, 0.25) is 0 Å². The Bertz CT molecular complexity index is 1350. The summed E-state index contributed by atoms with van der Waals surface area (Å²) in [5.74, 6) is 2.49. The number of nitrogens with zero attached hydrogens (tertiary/aromatic N) is 2. The fraction of sp³-hybridized carbons (Fsp3) is 0.133. The second kappa shape index (κ2) is 9.06. The number of hydrogen-bond donors (Lipinski definition) is 0. The number of allylic oxidation sites excluding steroid dienone is 1. The molecule has 170 valence electrons. The molecule has 1 aliphatic heterocycles. The van der Waals surface area contributed by atoms with E-state index in [1.54, 1.807) is 0 Å². The molecule has 4 aromatic carbocycles. The highest BCUT2D eigenvalue weighted by molar-refractivity contribution is 9.10. The van der Waals surface area contributed by atoms with Crippen molar-refractivity contribution < 1.29 is 0 Å². The van der Waals surface area contributed by atoms with Gasteiger partial charge in [-0.2, -0.15) is 0 Å². The van der Waals surface area contributed by atoms with E-state index in [2.05, 4.69) is 157 Å². The monoisotopic (exact) mass is 526 g/mol. The third-order valence-corrected chi connectivity index (χ3v) is 10.5. The SMILES string of the molecule is CN1/C(=C\P(=Nc2ccc(Br)cc2)(c2ccccc2)c2ccccc2)C(C)(C)c2ccccc21. The molecule has 1 aliphatic rings. The van der Waals surface area contributed by atoms with Crippen molar-refractivity contribution in [2.75, 3.05) is 11.9 Å². The lowest BCUT2D eigenvalue weighted by Crippen LogP contribution is -2.25. The number of para-hydroxylation sites is 1. The first-order valence-corrected chi connectivity index (χ1v) is 14.1. The smallest absolute Gasteiger partial charge is 0.0625 e. The summed E-state index contributed by atoms with van der Waals surface area (Å²) in [5.41, 5.74) is 4.76. The molecule has 4 aromatic rings. The maximum atomic E-state index is 5.59. The number of hydrogen-bond acceptors (Lipinski definition) is 2. The molecule has 0 atom stereocenters. The van der Waals surface area contributed by atoms with Gasteiger partial charge in [0.25, 0.3) is 0 Å². The average Bonchev–Trinajstić information content (AvgIpc) is 3.06. The topological polar surface area (TPSA) is 15.6 Å². The van der Waals surface area contributed by atoms with E-state index >= 15 is 0 Å². The van der Waals surface area contributed by atoms with Crippen LogP contribution in [0.3, 0.4) is 0 Å². The number of halogens is 1. The van der Waals surface area contributed by atoms with Crippen LogP contribution in [0, 0.1) is 0 Å². The third-order valence-electron chi connectivity index (χ3n) is 6.65. The van der Waals surface area contributed by atoms with Crippen LogP contribution in [0.25, 0.3) is 0 Å². The third kappa shape index (κ3) is 3.98. The molecule has 0 N–H and O–H groups in total. The molecule has 2 nitrogen and oxygen atoms in total. The van der Waals surface area contributed by atoms with Gasteiger partial charge in [-0.1, -0.05) is 109 Å². The lowest BCUT2D eigenvalue weighted by Gasteiger charge is -2.30. The fourth-order valence-corrected chi connectivity index (χ4v) is 8.60. The Morgan fingerprint density at radius 1 is 0.735 bits per heavy atom. The summed E-state index contributed by atoms with van der Waals surface area (Å²) < 4.78 is 6.64. The van der Waals surface area contributed by atoms with E-state index in [1.165, 1.54) is 27.6 Å². The van der Waals surface area contributed by atoms with Gasteiger partial charge in [0.2, 0.25) is 0 Å². The Balaban J connectivity index is 1.86. The average molecular weight is 527 g/mol.